The van der Waals surface area contributed by atoms with Crippen LogP contribution >= 0.6 is 23.2 Å². The molecule has 0 radical (unpaired) electrons. The molecule has 8 heteroatoms. The van der Waals surface area contributed by atoms with E-state index in [0.717, 1.165) is 29.7 Å². The summed E-state index contributed by atoms with van der Waals surface area (Å²) in [5, 5.41) is 7.66. The maximum absolute atomic E-state index is 15.0. The highest BCUT2D eigenvalue weighted by molar-refractivity contribution is 6.33. The van der Waals surface area contributed by atoms with Crippen molar-refractivity contribution < 1.29 is 14.0 Å². The molecule has 1 heterocycles. The van der Waals surface area contributed by atoms with Crippen LogP contribution in [0.2, 0.25) is 10.0 Å². The minimum absolute atomic E-state index is 0.0311. The molecule has 0 aromatic heterocycles. The molecule has 3 aromatic carbocycles. The third kappa shape index (κ3) is 6.39. The van der Waals surface area contributed by atoms with Crippen molar-refractivity contribution in [2.45, 2.75) is 65.0 Å². The summed E-state index contributed by atoms with van der Waals surface area (Å²) in [4.78, 5) is 29.4. The smallest absolute Gasteiger partial charge is 0.257 e. The molecule has 5 nitrogen and oxygen atoms in total. The van der Waals surface area contributed by atoms with Crippen LogP contribution in [0.5, 0.6) is 0 Å². The second-order valence-electron chi connectivity index (χ2n) is 11.6. The highest BCUT2D eigenvalue weighted by Crippen LogP contribution is 2.41. The van der Waals surface area contributed by atoms with Gasteiger partial charge in [0.2, 0.25) is 5.91 Å². The molecule has 216 valence electrons. The van der Waals surface area contributed by atoms with E-state index in [9.17, 15) is 14.0 Å². The number of amides is 2. The van der Waals surface area contributed by atoms with Gasteiger partial charge >= 0.3 is 0 Å². The van der Waals surface area contributed by atoms with Gasteiger partial charge in [0.1, 0.15) is 5.82 Å². The first-order valence-electron chi connectivity index (χ1n) is 14.3. The van der Waals surface area contributed by atoms with E-state index in [1.54, 1.807) is 30.0 Å². The van der Waals surface area contributed by atoms with E-state index in [0.29, 0.717) is 52.6 Å². The Hall–Kier alpha value is -3.09. The molecule has 2 aliphatic rings. The zero-order valence-electron chi connectivity index (χ0n) is 23.6. The van der Waals surface area contributed by atoms with Crippen molar-refractivity contribution in [3.05, 3.63) is 92.7 Å². The molecule has 1 aliphatic heterocycles. The molecule has 0 spiro atoms. The number of hydrogen-bond acceptors (Lipinski definition) is 3. The molecule has 0 bridgehead atoms. The highest BCUT2D eigenvalue weighted by Gasteiger charge is 2.41. The summed E-state index contributed by atoms with van der Waals surface area (Å²) in [6.07, 6.45) is 4.54. The first-order chi connectivity index (χ1) is 19.6. The molecule has 1 unspecified atom stereocenters. The quantitative estimate of drug-likeness (QED) is 0.300. The predicted molar refractivity (Wildman–Crippen MR) is 164 cm³/mol. The average molecular weight is 597 g/mol. The van der Waals surface area contributed by atoms with Crippen LogP contribution in [0.25, 0.3) is 0 Å². The van der Waals surface area contributed by atoms with Crippen molar-refractivity contribution >= 4 is 46.4 Å². The van der Waals surface area contributed by atoms with E-state index >= 15 is 0 Å². The molecule has 3 aromatic rings. The second kappa shape index (κ2) is 12.4. The summed E-state index contributed by atoms with van der Waals surface area (Å²) >= 11 is 13.1. The molecule has 4 atom stereocenters. The van der Waals surface area contributed by atoms with E-state index < -0.39 is 23.7 Å². The Morgan fingerprint density at radius 1 is 0.951 bits per heavy atom. The minimum Gasteiger partial charge on any atom is -0.381 e. The maximum Gasteiger partial charge on any atom is 0.257 e. The highest BCUT2D eigenvalue weighted by atomic mass is 35.5. The molecule has 1 saturated carbocycles. The van der Waals surface area contributed by atoms with E-state index in [1.807, 2.05) is 37.3 Å². The zero-order chi connectivity index (χ0) is 29.3. The molecule has 1 saturated heterocycles. The number of nitrogens with zero attached hydrogens (tertiary/aromatic N) is 1. The van der Waals surface area contributed by atoms with Crippen molar-refractivity contribution in [2.75, 3.05) is 17.2 Å². The third-order valence-electron chi connectivity index (χ3n) is 8.49. The molecule has 2 amide bonds. The lowest BCUT2D eigenvalue weighted by molar-refractivity contribution is -0.123. The first-order valence-corrected chi connectivity index (χ1v) is 15.1. The van der Waals surface area contributed by atoms with Gasteiger partial charge in [0.05, 0.1) is 28.2 Å². The lowest BCUT2D eigenvalue weighted by Gasteiger charge is -2.41. The number of carbonyl (C=O) groups excluding carboxylic acids is 2. The summed E-state index contributed by atoms with van der Waals surface area (Å²) in [7, 11) is 0. The monoisotopic (exact) mass is 595 g/mol. The van der Waals surface area contributed by atoms with Crippen LogP contribution in [0.15, 0.2) is 54.6 Å². The number of carbonyl (C=O) groups is 2. The number of hydrogen-bond donors (Lipinski definition) is 2. The number of aryl methyl sites for hydroxylation is 2. The molecule has 41 heavy (non-hydrogen) atoms. The zero-order valence-corrected chi connectivity index (χ0v) is 25.2. The lowest BCUT2D eigenvalue weighted by atomic mass is 9.83. The fourth-order valence-corrected chi connectivity index (χ4v) is 6.68. The van der Waals surface area contributed by atoms with Gasteiger partial charge < -0.3 is 15.5 Å². The van der Waals surface area contributed by atoms with Crippen molar-refractivity contribution in [3.8, 4) is 0 Å². The van der Waals surface area contributed by atoms with Crippen molar-refractivity contribution in [3.63, 3.8) is 0 Å². The van der Waals surface area contributed by atoms with Crippen LogP contribution in [0, 0.1) is 31.5 Å². The summed E-state index contributed by atoms with van der Waals surface area (Å²) in [5.41, 5.74) is 3.66. The van der Waals surface area contributed by atoms with Crippen LogP contribution < -0.4 is 10.6 Å². The number of benzene rings is 3. The van der Waals surface area contributed by atoms with E-state index in [4.69, 9.17) is 23.2 Å². The van der Waals surface area contributed by atoms with Crippen LogP contribution in [0.3, 0.4) is 0 Å². The number of nitrogens with one attached hydrogen (secondary N) is 2. The summed E-state index contributed by atoms with van der Waals surface area (Å²) in [5.74, 6) is -1.13. The number of piperidine rings is 1. The largest absolute Gasteiger partial charge is 0.381 e. The maximum atomic E-state index is 15.0. The van der Waals surface area contributed by atoms with Gasteiger partial charge in [-0.3, -0.25) is 9.59 Å². The van der Waals surface area contributed by atoms with Gasteiger partial charge in [-0.2, -0.15) is 0 Å². The number of anilines is 2. The summed E-state index contributed by atoms with van der Waals surface area (Å²) in [6.45, 7) is 6.28. The molecule has 2 fully saturated rings. The van der Waals surface area contributed by atoms with Crippen molar-refractivity contribution in [1.29, 1.82) is 0 Å². The minimum atomic E-state index is -0.630. The molecular formula is C33H36Cl2FN3O2. The predicted octanol–water partition coefficient (Wildman–Crippen LogP) is 8.58. The van der Waals surface area contributed by atoms with Crippen molar-refractivity contribution in [1.82, 2.24) is 4.90 Å². The Morgan fingerprint density at radius 2 is 1.76 bits per heavy atom. The Balaban J connectivity index is 1.50. The van der Waals surface area contributed by atoms with Crippen LogP contribution in [-0.4, -0.2) is 29.3 Å². The second-order valence-corrected chi connectivity index (χ2v) is 12.4. The van der Waals surface area contributed by atoms with Crippen molar-refractivity contribution in [2.24, 2.45) is 11.8 Å². The Kier molecular flexibility index (Phi) is 8.91. The standard InChI is InChI=1S/C33H36Cl2FN3O2/c1-19-9-12-23(16-19)37-29-14-11-22(17-27(29)35)31-25(32(40)38-24-13-10-20(2)26(34)18-24)7-5-15-39(31)33(41)30-21(3)6-4-8-28(30)36/h4,6,8,10-11,13-14,17-19,23,25,31,37H,5,7,9,12,15-16H2,1-3H3,(H,38,40)/t19-,23?,25+,31+/m1/s1. The van der Waals surface area contributed by atoms with E-state index in [-0.39, 0.29) is 11.5 Å². The summed E-state index contributed by atoms with van der Waals surface area (Å²) < 4.78 is 15.0. The van der Waals surface area contributed by atoms with Crippen LogP contribution in [-0.2, 0) is 4.79 Å². The Morgan fingerprint density at radius 3 is 2.44 bits per heavy atom. The van der Waals surface area contributed by atoms with Gasteiger partial charge in [-0.1, -0.05) is 54.4 Å². The van der Waals surface area contributed by atoms with Gasteiger partial charge in [0, 0.05) is 23.3 Å². The molecule has 1 aliphatic carbocycles. The molecular weight excluding hydrogens is 560 g/mol. The average Bonchev–Trinajstić information content (AvgIpc) is 3.35. The fraction of sp³-hybridized carbons (Fsp3) is 0.394. The number of likely N-dealkylation sites (tertiary alicyclic amines) is 1. The van der Waals surface area contributed by atoms with Gasteiger partial charge in [0.25, 0.3) is 5.91 Å². The van der Waals surface area contributed by atoms with E-state index in [1.165, 1.54) is 12.5 Å². The molecule has 2 N–H and O–H groups in total. The topological polar surface area (TPSA) is 61.4 Å². The van der Waals surface area contributed by atoms with Gasteiger partial charge in [-0.05, 0) is 98.9 Å². The lowest BCUT2D eigenvalue weighted by Crippen LogP contribution is -2.46. The van der Waals surface area contributed by atoms with E-state index in [2.05, 4.69) is 17.6 Å². The van der Waals surface area contributed by atoms with Crippen LogP contribution in [0.1, 0.15) is 72.1 Å². The number of rotatable bonds is 6. The third-order valence-corrected chi connectivity index (χ3v) is 9.21. The molecule has 5 rings (SSSR count). The van der Waals surface area contributed by atoms with Gasteiger partial charge in [0.15, 0.2) is 0 Å². The SMILES string of the molecule is Cc1ccc(NC(=O)[C@H]2CCCN(C(=O)c3c(C)cccc3F)[C@H]2c2ccc(NC3CC[C@@H](C)C3)c(Cl)c2)cc1Cl. The van der Waals surface area contributed by atoms with Crippen LogP contribution in [0.4, 0.5) is 15.8 Å². The Labute approximate surface area is 251 Å². The summed E-state index contributed by atoms with van der Waals surface area (Å²) in [6, 6.07) is 15.4. The first kappa shape index (κ1) is 29.4. The van der Waals surface area contributed by atoms with Gasteiger partial charge in [-0.25, -0.2) is 4.39 Å². The fourth-order valence-electron chi connectivity index (χ4n) is 6.25. The normalized spacial score (nSPS) is 22.4. The Bertz CT molecular complexity index is 1440. The number of halogens is 3. The van der Waals surface area contributed by atoms with Gasteiger partial charge in [-0.15, -0.1) is 0 Å².